The number of hydrogen-bond acceptors (Lipinski definition) is 2. The molecule has 100 valence electrons. The standard InChI is InChI=1S/C13H27N3O/c1-11-6-5-8-16(10-11)13(17)14-12(2)7-9-15(3)4/h11-12H,5-10H2,1-4H3,(H,14,17). The summed E-state index contributed by atoms with van der Waals surface area (Å²) in [6.45, 7) is 7.13. The first-order chi connectivity index (χ1) is 7.99. The molecule has 1 N–H and O–H groups in total. The third kappa shape index (κ3) is 5.39. The number of urea groups is 1. The van der Waals surface area contributed by atoms with Crippen molar-refractivity contribution in [3.05, 3.63) is 0 Å². The van der Waals surface area contributed by atoms with E-state index in [-0.39, 0.29) is 12.1 Å². The molecule has 1 aliphatic heterocycles. The van der Waals surface area contributed by atoms with Crippen LogP contribution < -0.4 is 5.32 Å². The lowest BCUT2D eigenvalue weighted by molar-refractivity contribution is 0.166. The summed E-state index contributed by atoms with van der Waals surface area (Å²) in [7, 11) is 4.11. The predicted molar refractivity (Wildman–Crippen MR) is 71.1 cm³/mol. The average molecular weight is 241 g/mol. The monoisotopic (exact) mass is 241 g/mol. The van der Waals surface area contributed by atoms with Crippen molar-refractivity contribution < 1.29 is 4.79 Å². The number of amides is 2. The first-order valence-corrected chi connectivity index (χ1v) is 6.69. The summed E-state index contributed by atoms with van der Waals surface area (Å²) < 4.78 is 0. The Hall–Kier alpha value is -0.770. The second-order valence-electron chi connectivity index (χ2n) is 5.64. The van der Waals surface area contributed by atoms with Crippen LogP contribution in [-0.4, -0.2) is 55.6 Å². The van der Waals surface area contributed by atoms with E-state index < -0.39 is 0 Å². The number of rotatable bonds is 4. The molecule has 0 bridgehead atoms. The topological polar surface area (TPSA) is 35.6 Å². The molecule has 1 aliphatic rings. The average Bonchev–Trinajstić information content (AvgIpc) is 2.26. The number of nitrogens with one attached hydrogen (secondary N) is 1. The summed E-state index contributed by atoms with van der Waals surface area (Å²) >= 11 is 0. The molecule has 0 aromatic carbocycles. The maximum atomic E-state index is 12.0. The molecule has 1 heterocycles. The van der Waals surface area contributed by atoms with E-state index >= 15 is 0 Å². The van der Waals surface area contributed by atoms with E-state index in [9.17, 15) is 4.79 Å². The van der Waals surface area contributed by atoms with Gasteiger partial charge in [-0.2, -0.15) is 0 Å². The van der Waals surface area contributed by atoms with E-state index in [1.165, 1.54) is 6.42 Å². The molecule has 17 heavy (non-hydrogen) atoms. The Morgan fingerprint density at radius 3 is 2.82 bits per heavy atom. The van der Waals surface area contributed by atoms with Crippen molar-refractivity contribution >= 4 is 6.03 Å². The molecule has 0 aliphatic carbocycles. The maximum Gasteiger partial charge on any atom is 0.317 e. The second kappa shape index (κ2) is 6.84. The second-order valence-corrected chi connectivity index (χ2v) is 5.64. The Bertz CT molecular complexity index is 243. The van der Waals surface area contributed by atoms with Crippen LogP contribution in [0.1, 0.15) is 33.1 Å². The van der Waals surface area contributed by atoms with Crippen molar-refractivity contribution in [2.75, 3.05) is 33.7 Å². The molecule has 2 atom stereocenters. The van der Waals surface area contributed by atoms with Gasteiger partial charge in [0.2, 0.25) is 0 Å². The summed E-state index contributed by atoms with van der Waals surface area (Å²) in [6.07, 6.45) is 3.39. The molecule has 1 fully saturated rings. The van der Waals surface area contributed by atoms with Gasteiger partial charge in [0.1, 0.15) is 0 Å². The third-order valence-electron chi connectivity index (χ3n) is 3.32. The van der Waals surface area contributed by atoms with E-state index in [1.807, 2.05) is 4.90 Å². The largest absolute Gasteiger partial charge is 0.335 e. The summed E-state index contributed by atoms with van der Waals surface area (Å²) in [6, 6.07) is 0.366. The van der Waals surface area contributed by atoms with Gasteiger partial charge in [-0.1, -0.05) is 6.92 Å². The van der Waals surface area contributed by atoms with E-state index in [2.05, 4.69) is 38.2 Å². The lowest BCUT2D eigenvalue weighted by Gasteiger charge is -2.32. The van der Waals surface area contributed by atoms with Crippen molar-refractivity contribution in [3.8, 4) is 0 Å². The van der Waals surface area contributed by atoms with Gasteiger partial charge in [0.25, 0.3) is 0 Å². The fourth-order valence-corrected chi connectivity index (χ4v) is 2.20. The van der Waals surface area contributed by atoms with Crippen LogP contribution in [0, 0.1) is 5.92 Å². The highest BCUT2D eigenvalue weighted by Crippen LogP contribution is 2.15. The SMILES string of the molecule is CC1CCCN(C(=O)NC(C)CCN(C)C)C1. The van der Waals surface area contributed by atoms with Gasteiger partial charge in [-0.15, -0.1) is 0 Å². The summed E-state index contributed by atoms with van der Waals surface area (Å²) in [5, 5.41) is 3.09. The van der Waals surface area contributed by atoms with Gasteiger partial charge in [0, 0.05) is 19.1 Å². The van der Waals surface area contributed by atoms with Crippen LogP contribution in [0.3, 0.4) is 0 Å². The van der Waals surface area contributed by atoms with E-state index in [0.29, 0.717) is 5.92 Å². The minimum atomic E-state index is 0.114. The quantitative estimate of drug-likeness (QED) is 0.814. The third-order valence-corrected chi connectivity index (χ3v) is 3.32. The van der Waals surface area contributed by atoms with Gasteiger partial charge in [-0.25, -0.2) is 4.79 Å². The number of piperidine rings is 1. The number of carbonyl (C=O) groups excluding carboxylic acids is 1. The zero-order chi connectivity index (χ0) is 12.8. The number of carbonyl (C=O) groups is 1. The highest BCUT2D eigenvalue weighted by atomic mass is 16.2. The molecule has 4 heteroatoms. The van der Waals surface area contributed by atoms with E-state index in [0.717, 1.165) is 32.5 Å². The zero-order valence-corrected chi connectivity index (χ0v) is 11.7. The smallest absolute Gasteiger partial charge is 0.317 e. The Morgan fingerprint density at radius 1 is 1.53 bits per heavy atom. The molecule has 2 amide bonds. The van der Waals surface area contributed by atoms with Gasteiger partial charge in [0.15, 0.2) is 0 Å². The maximum absolute atomic E-state index is 12.0. The lowest BCUT2D eigenvalue weighted by Crippen LogP contribution is -2.48. The molecule has 0 saturated carbocycles. The zero-order valence-electron chi connectivity index (χ0n) is 11.7. The van der Waals surface area contributed by atoms with Crippen LogP contribution in [0.5, 0.6) is 0 Å². The Kier molecular flexibility index (Phi) is 5.75. The molecule has 0 radical (unpaired) electrons. The molecule has 0 aromatic heterocycles. The first-order valence-electron chi connectivity index (χ1n) is 6.69. The Morgan fingerprint density at radius 2 is 2.24 bits per heavy atom. The number of likely N-dealkylation sites (tertiary alicyclic amines) is 1. The van der Waals surface area contributed by atoms with E-state index in [4.69, 9.17) is 0 Å². The van der Waals surface area contributed by atoms with Gasteiger partial charge >= 0.3 is 6.03 Å². The van der Waals surface area contributed by atoms with Crippen LogP contribution in [0.2, 0.25) is 0 Å². The van der Waals surface area contributed by atoms with Crippen LogP contribution >= 0.6 is 0 Å². The first kappa shape index (κ1) is 14.3. The normalized spacial score (nSPS) is 22.6. The van der Waals surface area contributed by atoms with Crippen molar-refractivity contribution in [2.45, 2.75) is 39.2 Å². The van der Waals surface area contributed by atoms with Crippen molar-refractivity contribution in [1.82, 2.24) is 15.1 Å². The van der Waals surface area contributed by atoms with Gasteiger partial charge < -0.3 is 15.1 Å². The van der Waals surface area contributed by atoms with Crippen LogP contribution in [-0.2, 0) is 0 Å². The van der Waals surface area contributed by atoms with Crippen molar-refractivity contribution in [1.29, 1.82) is 0 Å². The molecule has 0 aromatic rings. The predicted octanol–water partition coefficient (Wildman–Crippen LogP) is 1.77. The highest BCUT2D eigenvalue weighted by molar-refractivity contribution is 5.74. The van der Waals surface area contributed by atoms with Gasteiger partial charge in [-0.3, -0.25) is 0 Å². The van der Waals surface area contributed by atoms with Gasteiger partial charge in [-0.05, 0) is 52.7 Å². The van der Waals surface area contributed by atoms with Crippen LogP contribution in [0.25, 0.3) is 0 Å². The molecule has 4 nitrogen and oxygen atoms in total. The molecular formula is C13H27N3O. The van der Waals surface area contributed by atoms with E-state index in [1.54, 1.807) is 0 Å². The molecular weight excluding hydrogens is 214 g/mol. The lowest BCUT2D eigenvalue weighted by atomic mass is 10.0. The fraction of sp³-hybridized carbons (Fsp3) is 0.923. The molecule has 1 saturated heterocycles. The van der Waals surface area contributed by atoms with Crippen LogP contribution in [0.4, 0.5) is 4.79 Å². The summed E-state index contributed by atoms with van der Waals surface area (Å²) in [4.78, 5) is 16.1. The Labute approximate surface area is 105 Å². The van der Waals surface area contributed by atoms with Crippen LogP contribution in [0.15, 0.2) is 0 Å². The molecule has 1 rings (SSSR count). The number of hydrogen-bond donors (Lipinski definition) is 1. The van der Waals surface area contributed by atoms with Gasteiger partial charge in [0.05, 0.1) is 0 Å². The fourth-order valence-electron chi connectivity index (χ4n) is 2.20. The van der Waals surface area contributed by atoms with Crippen molar-refractivity contribution in [3.63, 3.8) is 0 Å². The highest BCUT2D eigenvalue weighted by Gasteiger charge is 2.21. The minimum Gasteiger partial charge on any atom is -0.335 e. The molecule has 2 unspecified atom stereocenters. The molecule has 0 spiro atoms. The minimum absolute atomic E-state index is 0.114. The van der Waals surface area contributed by atoms with Crippen molar-refractivity contribution in [2.24, 2.45) is 5.92 Å². The Balaban J connectivity index is 2.27. The number of nitrogens with zero attached hydrogens (tertiary/aromatic N) is 2. The summed E-state index contributed by atoms with van der Waals surface area (Å²) in [5.74, 6) is 0.645. The summed E-state index contributed by atoms with van der Waals surface area (Å²) in [5.41, 5.74) is 0.